The number of β-lactam (4-membered cyclic amide) rings is 1. The zero-order valence-electron chi connectivity index (χ0n) is 14.1. The van der Waals surface area contributed by atoms with Crippen molar-refractivity contribution in [3.05, 3.63) is 34.4 Å². The molecule has 0 radical (unpaired) electrons. The Labute approximate surface area is 192 Å². The average Bonchev–Trinajstić information content (AvgIpc) is 2.45. The first-order valence-corrected chi connectivity index (χ1v) is 7.82. The smallest absolute Gasteiger partial charge is 0.545 e. The van der Waals surface area contributed by atoms with Gasteiger partial charge in [-0.25, -0.2) is 8.42 Å². The number of esters is 1. The molecule has 0 spiro atoms. The van der Waals surface area contributed by atoms with E-state index in [0.29, 0.717) is 4.90 Å². The van der Waals surface area contributed by atoms with Crippen molar-refractivity contribution in [2.24, 2.45) is 0 Å². The largest absolute Gasteiger partial charge is 1.00 e. The molecule has 2 aliphatic rings. The maximum Gasteiger partial charge on any atom is 1.00 e. The zero-order chi connectivity index (χ0) is 18.4. The van der Waals surface area contributed by atoms with E-state index in [0.717, 1.165) is 6.92 Å². The Morgan fingerprint density at radius 1 is 1.27 bits per heavy atom. The normalized spacial score (nSPS) is 21.8. The van der Waals surface area contributed by atoms with Crippen molar-refractivity contribution in [3.8, 4) is 0 Å². The first-order valence-electron chi connectivity index (χ1n) is 6.27. The molecule has 0 aromatic rings. The van der Waals surface area contributed by atoms with Crippen LogP contribution in [0.3, 0.4) is 0 Å². The fourth-order valence-electron chi connectivity index (χ4n) is 2.34. The summed E-state index contributed by atoms with van der Waals surface area (Å²) in [5.41, 5.74) is -2.04. The van der Waals surface area contributed by atoms with Crippen LogP contribution >= 0.6 is 0 Å². The summed E-state index contributed by atoms with van der Waals surface area (Å²) in [4.78, 5) is 44.4. The van der Waals surface area contributed by atoms with Crippen molar-refractivity contribution in [1.82, 2.24) is 4.90 Å². The summed E-state index contributed by atoms with van der Waals surface area (Å²) in [6, 6.07) is 0. The van der Waals surface area contributed by atoms with Gasteiger partial charge in [0.15, 0.2) is 5.37 Å². The third-order valence-corrected chi connectivity index (χ3v) is 5.34. The molecule has 0 aliphatic carbocycles. The number of nitrogens with zero attached hydrogens (tertiary/aromatic N) is 1. The van der Waals surface area contributed by atoms with Gasteiger partial charge in [0.05, 0.1) is 28.1 Å². The molecule has 13 heteroatoms. The Bertz CT molecular complexity index is 872. The summed E-state index contributed by atoms with van der Waals surface area (Å²) in [6.45, 7) is 3.51. The number of rotatable bonds is 4. The van der Waals surface area contributed by atoms with Crippen LogP contribution in [-0.4, -0.2) is 49.1 Å². The molecular formula is C13H9NNa2O9S. The Kier molecular flexibility index (Phi) is 8.50. The van der Waals surface area contributed by atoms with E-state index in [1.54, 1.807) is 0 Å². The van der Waals surface area contributed by atoms with Crippen molar-refractivity contribution < 1.29 is 102 Å². The van der Waals surface area contributed by atoms with Gasteiger partial charge >= 0.3 is 65.1 Å². The Hall–Kier alpha value is -0.950. The number of sulfone groups is 1. The minimum absolute atomic E-state index is 0. The summed E-state index contributed by atoms with van der Waals surface area (Å²) in [7, 11) is -4.38. The summed E-state index contributed by atoms with van der Waals surface area (Å²) in [5.74, 6) is -5.69. The van der Waals surface area contributed by atoms with E-state index in [2.05, 4.69) is 11.3 Å². The van der Waals surface area contributed by atoms with Crippen LogP contribution in [0.4, 0.5) is 0 Å². The third-order valence-electron chi connectivity index (χ3n) is 3.35. The summed E-state index contributed by atoms with van der Waals surface area (Å²) in [5, 5.41) is 20.1. The summed E-state index contributed by atoms with van der Waals surface area (Å²) < 4.78 is 29.4. The van der Waals surface area contributed by atoms with Crippen LogP contribution in [0.1, 0.15) is 6.92 Å². The van der Waals surface area contributed by atoms with Gasteiger partial charge in [-0.2, -0.15) is 0 Å². The molecule has 0 aromatic carbocycles. The van der Waals surface area contributed by atoms with Crippen LogP contribution in [-0.2, 0) is 33.8 Å². The molecule has 0 saturated carbocycles. The van der Waals surface area contributed by atoms with Gasteiger partial charge in [-0.05, 0) is 6.08 Å². The van der Waals surface area contributed by atoms with Crippen LogP contribution in [0.5, 0.6) is 0 Å². The van der Waals surface area contributed by atoms with Crippen molar-refractivity contribution >= 4 is 33.7 Å². The van der Waals surface area contributed by atoms with Crippen LogP contribution in [0, 0.1) is 0 Å². The fourth-order valence-corrected chi connectivity index (χ4v) is 4.09. The van der Waals surface area contributed by atoms with Gasteiger partial charge in [-0.3, -0.25) is 14.5 Å². The Morgan fingerprint density at radius 2 is 1.81 bits per heavy atom. The zero-order valence-corrected chi connectivity index (χ0v) is 18.9. The second-order valence-corrected chi connectivity index (χ2v) is 6.84. The molecule has 2 heterocycles. The van der Waals surface area contributed by atoms with Crippen molar-refractivity contribution in [1.29, 1.82) is 0 Å². The van der Waals surface area contributed by atoms with E-state index in [1.165, 1.54) is 0 Å². The molecule has 10 nitrogen and oxygen atoms in total. The van der Waals surface area contributed by atoms with Gasteiger partial charge in [0.25, 0.3) is 5.91 Å². The van der Waals surface area contributed by atoms with E-state index in [1.807, 2.05) is 0 Å². The van der Waals surface area contributed by atoms with Crippen LogP contribution in [0.25, 0.3) is 0 Å². The molecule has 2 rings (SSSR count). The van der Waals surface area contributed by atoms with E-state index in [9.17, 15) is 37.8 Å². The number of ether oxygens (including phenoxy) is 1. The van der Waals surface area contributed by atoms with Gasteiger partial charge in [-0.15, -0.1) is 0 Å². The maximum atomic E-state index is 12.4. The first kappa shape index (κ1) is 25.1. The van der Waals surface area contributed by atoms with Gasteiger partial charge in [0, 0.05) is 12.5 Å². The average molecular weight is 401 g/mol. The molecule has 1 atom stereocenters. The van der Waals surface area contributed by atoms with E-state index >= 15 is 0 Å². The maximum absolute atomic E-state index is 12.4. The van der Waals surface area contributed by atoms with Crippen LogP contribution in [0.2, 0.25) is 0 Å². The number of aliphatic carboxylic acids is 2. The van der Waals surface area contributed by atoms with Gasteiger partial charge in [0.1, 0.15) is 6.61 Å². The predicted molar refractivity (Wildman–Crippen MR) is 70.4 cm³/mol. The predicted octanol–water partition coefficient (Wildman–Crippen LogP) is -9.65. The number of carboxylic acids is 2. The molecule has 128 valence electrons. The van der Waals surface area contributed by atoms with Crippen molar-refractivity contribution in [2.75, 3.05) is 6.61 Å². The first-order chi connectivity index (χ1) is 11.0. The Balaban J connectivity index is 0.00000312. The monoisotopic (exact) mass is 401 g/mol. The second-order valence-electron chi connectivity index (χ2n) is 4.81. The number of hydrogen-bond donors (Lipinski definition) is 0. The van der Waals surface area contributed by atoms with E-state index in [-0.39, 0.29) is 65.2 Å². The quantitative estimate of drug-likeness (QED) is 0.193. The molecule has 1 amide bonds. The second kappa shape index (κ2) is 8.83. The van der Waals surface area contributed by atoms with Crippen molar-refractivity contribution in [2.45, 2.75) is 12.3 Å². The topological polar surface area (TPSA) is 161 Å². The molecule has 1 fully saturated rings. The van der Waals surface area contributed by atoms with Crippen LogP contribution < -0.4 is 69.3 Å². The molecule has 0 bridgehead atoms. The minimum atomic E-state index is -4.38. The number of carbonyl (C=O) groups is 4. The van der Waals surface area contributed by atoms with Gasteiger partial charge < -0.3 is 24.5 Å². The van der Waals surface area contributed by atoms with E-state index in [4.69, 9.17) is 0 Å². The number of carbonyl (C=O) groups excluding carboxylic acids is 4. The third kappa shape index (κ3) is 4.14. The minimum Gasteiger partial charge on any atom is -0.545 e. The van der Waals surface area contributed by atoms with Gasteiger partial charge in [0.2, 0.25) is 9.84 Å². The van der Waals surface area contributed by atoms with Crippen LogP contribution in [0.15, 0.2) is 34.4 Å². The summed E-state index contributed by atoms with van der Waals surface area (Å²) in [6.07, 6.45) is 0.276. The number of amides is 1. The summed E-state index contributed by atoms with van der Waals surface area (Å²) >= 11 is 0. The Morgan fingerprint density at radius 3 is 2.23 bits per heavy atom. The number of fused-ring (bicyclic) bond motifs is 1. The molecular weight excluding hydrogens is 392 g/mol. The van der Waals surface area contributed by atoms with E-state index < -0.39 is 67.4 Å². The van der Waals surface area contributed by atoms with Gasteiger partial charge in [-0.1, -0.05) is 6.58 Å². The molecule has 0 aromatic heterocycles. The SMILES string of the molecule is C=C1C(COC(C)=O)=C(C(=O)[O-])N2C(=O)/C(=C/C(=O)[O-])[C@H]2S1(=O)=O.[Na+].[Na+]. The van der Waals surface area contributed by atoms with Crippen molar-refractivity contribution in [3.63, 3.8) is 0 Å². The number of carboxylic acid groups (broad SMARTS) is 2. The molecule has 1 saturated heterocycles. The molecule has 0 unspecified atom stereocenters. The fraction of sp³-hybridized carbons (Fsp3) is 0.231. The number of hydrogen-bond acceptors (Lipinski definition) is 9. The molecule has 26 heavy (non-hydrogen) atoms. The molecule has 0 N–H and O–H groups in total. The standard InChI is InChI=1S/C13H11NO9S.2Na/c1-5-8(4-23-6(2)15)10(13(19)20)14-11(18)7(3-9(16)17)12(14)24(5,21)22;;/h3,12H,1,4H2,2H3,(H,16,17)(H,19,20);;/q;2*+1/p-2/b7-3-;;/t12-;;/m1../s1. The molecule has 2 aliphatic heterocycles.